The van der Waals surface area contributed by atoms with E-state index in [1.165, 1.54) is 4.90 Å². The van der Waals surface area contributed by atoms with Gasteiger partial charge in [0.1, 0.15) is 0 Å². The Morgan fingerprint density at radius 1 is 1.48 bits per heavy atom. The third-order valence-corrected chi connectivity index (χ3v) is 4.72. The van der Waals surface area contributed by atoms with Crippen LogP contribution in [-0.2, 0) is 0 Å². The van der Waals surface area contributed by atoms with Crippen LogP contribution in [0.5, 0.6) is 0 Å². The number of nitrogens with zero attached hydrogens (tertiary/aromatic N) is 2. The first kappa shape index (κ1) is 15.8. The molecular weight excluding hydrogens is 266 g/mol. The van der Waals surface area contributed by atoms with Crippen LogP contribution < -0.4 is 5.73 Å². The molecule has 1 saturated heterocycles. The number of nitrogens with two attached hydrogens (primary N) is 1. The first-order chi connectivity index (χ1) is 9.70. The summed E-state index contributed by atoms with van der Waals surface area (Å²) in [7, 11) is 0. The van der Waals surface area contributed by atoms with Crippen molar-refractivity contribution in [2.24, 2.45) is 11.1 Å². The van der Waals surface area contributed by atoms with Crippen LogP contribution in [0.2, 0.25) is 0 Å². The highest BCUT2D eigenvalue weighted by atomic mass is 16.4. The molecule has 0 spiro atoms. The monoisotopic (exact) mass is 291 g/mol. The molecule has 1 unspecified atom stereocenters. The van der Waals surface area contributed by atoms with Crippen LogP contribution in [0.3, 0.4) is 0 Å². The van der Waals surface area contributed by atoms with Crippen molar-refractivity contribution in [1.82, 2.24) is 9.88 Å². The molecule has 5 heteroatoms. The van der Waals surface area contributed by atoms with Gasteiger partial charge in [-0.05, 0) is 36.8 Å². The van der Waals surface area contributed by atoms with Gasteiger partial charge in [-0.15, -0.1) is 0 Å². The lowest BCUT2D eigenvalue weighted by atomic mass is 9.66. The van der Waals surface area contributed by atoms with Crippen LogP contribution in [0.4, 0.5) is 4.79 Å². The third-order valence-electron chi connectivity index (χ3n) is 4.72. The summed E-state index contributed by atoms with van der Waals surface area (Å²) in [5, 5.41) is 9.60. The highest BCUT2D eigenvalue weighted by Crippen LogP contribution is 2.49. The maximum atomic E-state index is 11.7. The summed E-state index contributed by atoms with van der Waals surface area (Å²) in [6, 6.07) is 3.45. The lowest BCUT2D eigenvalue weighted by Crippen LogP contribution is -2.61. The van der Waals surface area contributed by atoms with Gasteiger partial charge in [-0.2, -0.15) is 0 Å². The van der Waals surface area contributed by atoms with E-state index in [9.17, 15) is 9.90 Å². The van der Waals surface area contributed by atoms with Crippen molar-refractivity contribution in [3.8, 4) is 0 Å². The highest BCUT2D eigenvalue weighted by molar-refractivity contribution is 5.67. The average molecular weight is 291 g/mol. The molecule has 0 aromatic carbocycles. The summed E-state index contributed by atoms with van der Waals surface area (Å²) >= 11 is 0. The normalized spacial score (nSPS) is 24.1. The largest absolute Gasteiger partial charge is 0.465 e. The predicted octanol–water partition coefficient (Wildman–Crippen LogP) is 2.95. The number of aryl methyl sites for hydroxylation is 1. The van der Waals surface area contributed by atoms with E-state index in [2.05, 4.69) is 25.8 Å². The van der Waals surface area contributed by atoms with Crippen molar-refractivity contribution in [3.05, 3.63) is 29.6 Å². The molecule has 2 rings (SSSR count). The van der Waals surface area contributed by atoms with Crippen molar-refractivity contribution in [3.63, 3.8) is 0 Å². The molecule has 1 aromatic heterocycles. The maximum absolute atomic E-state index is 11.7. The molecule has 2 atom stereocenters. The molecule has 1 aromatic rings. The number of rotatable bonds is 2. The molecule has 0 radical (unpaired) electrons. The number of hydrogen-bond acceptors (Lipinski definition) is 3. The molecule has 2 heterocycles. The fraction of sp³-hybridized carbons (Fsp3) is 0.625. The van der Waals surface area contributed by atoms with E-state index in [-0.39, 0.29) is 5.41 Å². The fourth-order valence-corrected chi connectivity index (χ4v) is 3.59. The lowest BCUT2D eigenvalue weighted by Gasteiger charge is -2.50. The van der Waals surface area contributed by atoms with Crippen molar-refractivity contribution in [1.29, 1.82) is 0 Å². The average Bonchev–Trinajstić information content (AvgIpc) is 2.84. The summed E-state index contributed by atoms with van der Waals surface area (Å²) in [5.74, 6) is 0. The van der Waals surface area contributed by atoms with Gasteiger partial charge >= 0.3 is 6.09 Å². The smallest absolute Gasteiger partial charge is 0.407 e. The van der Waals surface area contributed by atoms with E-state index in [1.54, 1.807) is 6.20 Å². The number of aromatic nitrogens is 1. The first-order valence-electron chi connectivity index (χ1n) is 7.39. The topological polar surface area (TPSA) is 79.5 Å². The first-order valence-corrected chi connectivity index (χ1v) is 7.39. The van der Waals surface area contributed by atoms with Crippen LogP contribution in [0.1, 0.15) is 50.9 Å². The molecule has 3 N–H and O–H groups in total. The third kappa shape index (κ3) is 2.50. The minimum Gasteiger partial charge on any atom is -0.465 e. The molecule has 1 fully saturated rings. The summed E-state index contributed by atoms with van der Waals surface area (Å²) in [6.07, 6.45) is 2.49. The number of pyridine rings is 1. The van der Waals surface area contributed by atoms with Crippen molar-refractivity contribution in [2.75, 3.05) is 6.54 Å². The Kier molecular flexibility index (Phi) is 3.97. The number of hydrogen-bond donors (Lipinski definition) is 2. The second-order valence-electron chi connectivity index (χ2n) is 6.95. The minimum absolute atomic E-state index is 0.270. The van der Waals surface area contributed by atoms with Gasteiger partial charge in [0.15, 0.2) is 0 Å². The predicted molar refractivity (Wildman–Crippen MR) is 82.1 cm³/mol. The van der Waals surface area contributed by atoms with Crippen LogP contribution in [0, 0.1) is 12.3 Å². The molecule has 0 aliphatic carbocycles. The maximum Gasteiger partial charge on any atom is 0.407 e. The summed E-state index contributed by atoms with van der Waals surface area (Å²) in [5.41, 5.74) is 7.46. The lowest BCUT2D eigenvalue weighted by molar-refractivity contribution is 0.00956. The molecule has 0 saturated carbocycles. The van der Waals surface area contributed by atoms with E-state index < -0.39 is 17.7 Å². The molecule has 1 aliphatic heterocycles. The Bertz CT molecular complexity index is 521. The van der Waals surface area contributed by atoms with E-state index in [0.717, 1.165) is 24.1 Å². The highest BCUT2D eigenvalue weighted by Gasteiger charge is 2.56. The zero-order chi connectivity index (χ0) is 15.8. The molecular formula is C16H25N3O2. The number of carboxylic acid groups (broad SMARTS) is 1. The van der Waals surface area contributed by atoms with Crippen molar-refractivity contribution < 1.29 is 9.90 Å². The molecule has 21 heavy (non-hydrogen) atoms. The Balaban J connectivity index is 2.50. The van der Waals surface area contributed by atoms with Gasteiger partial charge in [0.25, 0.3) is 0 Å². The summed E-state index contributed by atoms with van der Waals surface area (Å²) in [4.78, 5) is 17.7. The van der Waals surface area contributed by atoms with Gasteiger partial charge in [0.2, 0.25) is 0 Å². The number of likely N-dealkylation sites (tertiary alicyclic amines) is 1. The van der Waals surface area contributed by atoms with E-state index in [4.69, 9.17) is 5.73 Å². The van der Waals surface area contributed by atoms with E-state index >= 15 is 0 Å². The molecule has 1 aliphatic rings. The Hall–Kier alpha value is -1.62. The fourth-order valence-electron chi connectivity index (χ4n) is 3.59. The van der Waals surface area contributed by atoms with Gasteiger partial charge in [-0.1, -0.05) is 26.8 Å². The Labute approximate surface area is 126 Å². The summed E-state index contributed by atoms with van der Waals surface area (Å²) < 4.78 is 0. The van der Waals surface area contributed by atoms with Crippen LogP contribution >= 0.6 is 0 Å². The van der Waals surface area contributed by atoms with Crippen LogP contribution in [0.25, 0.3) is 0 Å². The van der Waals surface area contributed by atoms with Crippen molar-refractivity contribution in [2.45, 2.75) is 52.1 Å². The SMILES string of the molecule is Cc1ccc(C(N)[C@@]2(C(C)(C)C)CCCN2C(=O)O)nc1. The quantitative estimate of drug-likeness (QED) is 0.878. The van der Waals surface area contributed by atoms with Gasteiger partial charge in [0, 0.05) is 12.7 Å². The van der Waals surface area contributed by atoms with Crippen molar-refractivity contribution >= 4 is 6.09 Å². The second-order valence-corrected chi connectivity index (χ2v) is 6.95. The Morgan fingerprint density at radius 3 is 2.62 bits per heavy atom. The molecule has 0 bridgehead atoms. The number of carbonyl (C=O) groups is 1. The zero-order valence-electron chi connectivity index (χ0n) is 13.3. The zero-order valence-corrected chi connectivity index (χ0v) is 13.3. The van der Waals surface area contributed by atoms with E-state index in [0.29, 0.717) is 6.54 Å². The van der Waals surface area contributed by atoms with Crippen LogP contribution in [-0.4, -0.2) is 33.2 Å². The number of amides is 1. The molecule has 116 valence electrons. The van der Waals surface area contributed by atoms with E-state index in [1.807, 2.05) is 19.1 Å². The van der Waals surface area contributed by atoms with Gasteiger partial charge in [-0.25, -0.2) is 4.79 Å². The minimum atomic E-state index is -0.898. The van der Waals surface area contributed by atoms with Crippen LogP contribution in [0.15, 0.2) is 18.3 Å². The standard InChI is InChI=1S/C16H25N3O2/c1-11-6-7-12(18-10-11)13(17)16(15(2,3)4)8-5-9-19(16)14(20)21/h6-7,10,13H,5,8-9,17H2,1-4H3,(H,20,21)/t13?,16-/m1/s1. The van der Waals surface area contributed by atoms with Gasteiger partial charge in [-0.3, -0.25) is 4.98 Å². The molecule has 5 nitrogen and oxygen atoms in total. The van der Waals surface area contributed by atoms with Gasteiger partial charge < -0.3 is 15.7 Å². The summed E-state index contributed by atoms with van der Waals surface area (Å²) in [6.45, 7) is 8.68. The molecule has 1 amide bonds. The Morgan fingerprint density at radius 2 is 2.14 bits per heavy atom. The van der Waals surface area contributed by atoms with Gasteiger partial charge in [0.05, 0.1) is 17.3 Å². The second kappa shape index (κ2) is 5.30.